The van der Waals surface area contributed by atoms with Crippen molar-refractivity contribution in [2.75, 3.05) is 14.2 Å². The molecule has 0 saturated heterocycles. The van der Waals surface area contributed by atoms with Gasteiger partial charge in [0.05, 0.1) is 19.8 Å². The van der Waals surface area contributed by atoms with Gasteiger partial charge in [-0.1, -0.05) is 11.8 Å². The fraction of sp³-hybridized carbons (Fsp3) is 0.111. The van der Waals surface area contributed by atoms with Crippen LogP contribution in [0, 0.1) is 0 Å². The first kappa shape index (κ1) is 16.9. The van der Waals surface area contributed by atoms with E-state index in [1.54, 1.807) is 24.3 Å². The molecule has 0 aliphatic rings. The molecule has 0 amide bonds. The SMILES string of the molecule is COc1cc(OC)c2c(=O)cc(Sc3ccc(C(=O)O)cc3)oc2c1. The average molecular weight is 358 g/mol. The molecule has 3 rings (SSSR count). The highest BCUT2D eigenvalue weighted by Crippen LogP contribution is 2.33. The Balaban J connectivity index is 2.02. The van der Waals surface area contributed by atoms with Crippen molar-refractivity contribution in [3.8, 4) is 11.5 Å². The van der Waals surface area contributed by atoms with Crippen LogP contribution >= 0.6 is 11.8 Å². The van der Waals surface area contributed by atoms with Crippen LogP contribution in [0.4, 0.5) is 0 Å². The Labute approximate surface area is 147 Å². The molecule has 0 fully saturated rings. The van der Waals surface area contributed by atoms with Gasteiger partial charge in [0.15, 0.2) is 10.5 Å². The second kappa shape index (κ2) is 6.90. The Morgan fingerprint density at radius 1 is 1.08 bits per heavy atom. The first-order valence-electron chi connectivity index (χ1n) is 7.23. The van der Waals surface area contributed by atoms with Crippen LogP contribution in [0.1, 0.15) is 10.4 Å². The number of hydrogen-bond acceptors (Lipinski definition) is 6. The lowest BCUT2D eigenvalue weighted by atomic mass is 10.2. The van der Waals surface area contributed by atoms with Crippen LogP contribution in [0.15, 0.2) is 61.7 Å². The Hall–Kier alpha value is -2.93. The van der Waals surface area contributed by atoms with Crippen molar-refractivity contribution in [2.45, 2.75) is 9.99 Å². The summed E-state index contributed by atoms with van der Waals surface area (Å²) in [4.78, 5) is 24.1. The van der Waals surface area contributed by atoms with Gasteiger partial charge < -0.3 is 19.0 Å². The number of hydrogen-bond donors (Lipinski definition) is 1. The van der Waals surface area contributed by atoms with Crippen LogP contribution in [-0.4, -0.2) is 25.3 Å². The summed E-state index contributed by atoms with van der Waals surface area (Å²) < 4.78 is 16.2. The van der Waals surface area contributed by atoms with Crippen LogP contribution in [0.5, 0.6) is 11.5 Å². The quantitative estimate of drug-likeness (QED) is 0.745. The highest BCUT2D eigenvalue weighted by Gasteiger charge is 2.13. The van der Waals surface area contributed by atoms with Gasteiger partial charge in [-0.2, -0.15) is 0 Å². The Morgan fingerprint density at radius 3 is 2.40 bits per heavy atom. The van der Waals surface area contributed by atoms with Crippen molar-refractivity contribution < 1.29 is 23.8 Å². The second-order valence-electron chi connectivity index (χ2n) is 5.06. The summed E-state index contributed by atoms with van der Waals surface area (Å²) in [5, 5.41) is 9.66. The van der Waals surface area contributed by atoms with Crippen LogP contribution in [0.25, 0.3) is 11.0 Å². The van der Waals surface area contributed by atoms with E-state index in [0.29, 0.717) is 27.6 Å². The van der Waals surface area contributed by atoms with E-state index in [1.165, 1.54) is 44.2 Å². The predicted molar refractivity (Wildman–Crippen MR) is 93.1 cm³/mol. The minimum atomic E-state index is -0.993. The number of fused-ring (bicyclic) bond motifs is 1. The van der Waals surface area contributed by atoms with E-state index in [4.69, 9.17) is 19.0 Å². The van der Waals surface area contributed by atoms with Gasteiger partial charge in [0.25, 0.3) is 0 Å². The molecule has 1 aromatic heterocycles. The number of benzene rings is 2. The summed E-state index contributed by atoms with van der Waals surface area (Å²) in [5.74, 6) is -0.0982. The molecule has 0 aliphatic heterocycles. The number of rotatable bonds is 5. The summed E-state index contributed by atoms with van der Waals surface area (Å²) in [5.41, 5.74) is 0.317. The average Bonchev–Trinajstić information content (AvgIpc) is 2.60. The van der Waals surface area contributed by atoms with Crippen molar-refractivity contribution in [2.24, 2.45) is 0 Å². The number of carbonyl (C=O) groups is 1. The van der Waals surface area contributed by atoms with Crippen molar-refractivity contribution in [1.82, 2.24) is 0 Å². The zero-order chi connectivity index (χ0) is 18.0. The molecule has 1 N–H and O–H groups in total. The molecule has 25 heavy (non-hydrogen) atoms. The standard InChI is InChI=1S/C18H14O6S/c1-22-11-7-14(23-2)17-13(19)9-16(24-15(17)8-11)25-12-5-3-10(4-6-12)18(20)21/h3-9H,1-2H3,(H,20,21). The number of methoxy groups -OCH3 is 2. The van der Waals surface area contributed by atoms with Crippen LogP contribution in [0.2, 0.25) is 0 Å². The second-order valence-corrected chi connectivity index (χ2v) is 6.14. The minimum Gasteiger partial charge on any atom is -0.496 e. The third-order valence-corrected chi connectivity index (χ3v) is 4.43. The van der Waals surface area contributed by atoms with Crippen LogP contribution in [-0.2, 0) is 0 Å². The van der Waals surface area contributed by atoms with E-state index in [9.17, 15) is 9.59 Å². The van der Waals surface area contributed by atoms with Crippen molar-refractivity contribution in [3.05, 3.63) is 58.3 Å². The number of carboxylic acid groups (broad SMARTS) is 1. The van der Waals surface area contributed by atoms with E-state index in [0.717, 1.165) is 4.90 Å². The molecule has 0 radical (unpaired) electrons. The van der Waals surface area contributed by atoms with Gasteiger partial charge >= 0.3 is 5.97 Å². The Bertz CT molecular complexity index is 991. The van der Waals surface area contributed by atoms with E-state index >= 15 is 0 Å². The van der Waals surface area contributed by atoms with Gasteiger partial charge in [-0.3, -0.25) is 4.79 Å². The van der Waals surface area contributed by atoms with E-state index in [-0.39, 0.29) is 11.0 Å². The van der Waals surface area contributed by atoms with Gasteiger partial charge in [0.1, 0.15) is 22.5 Å². The molecule has 0 saturated carbocycles. The lowest BCUT2D eigenvalue weighted by Gasteiger charge is -2.09. The van der Waals surface area contributed by atoms with Gasteiger partial charge in [0, 0.05) is 23.1 Å². The van der Waals surface area contributed by atoms with Gasteiger partial charge in [-0.05, 0) is 24.3 Å². The van der Waals surface area contributed by atoms with Gasteiger partial charge in [-0.25, -0.2) is 4.79 Å². The zero-order valence-electron chi connectivity index (χ0n) is 13.4. The van der Waals surface area contributed by atoms with Crippen molar-refractivity contribution in [1.29, 1.82) is 0 Å². The first-order chi connectivity index (χ1) is 12.0. The van der Waals surface area contributed by atoms with E-state index in [1.807, 2.05) is 0 Å². The molecule has 1 heterocycles. The molecular weight excluding hydrogens is 344 g/mol. The highest BCUT2D eigenvalue weighted by atomic mass is 32.2. The molecule has 0 unspecified atom stereocenters. The third-order valence-electron chi connectivity index (χ3n) is 3.52. The van der Waals surface area contributed by atoms with Crippen molar-refractivity contribution in [3.63, 3.8) is 0 Å². The van der Waals surface area contributed by atoms with Crippen LogP contribution < -0.4 is 14.9 Å². The topological polar surface area (TPSA) is 86.0 Å². The van der Waals surface area contributed by atoms with Gasteiger partial charge in [-0.15, -0.1) is 0 Å². The number of ether oxygens (including phenoxy) is 2. The maximum Gasteiger partial charge on any atom is 0.335 e. The minimum absolute atomic E-state index is 0.193. The first-order valence-corrected chi connectivity index (χ1v) is 8.04. The molecule has 2 aromatic carbocycles. The maximum absolute atomic E-state index is 12.4. The number of aromatic carboxylic acids is 1. The largest absolute Gasteiger partial charge is 0.496 e. The molecule has 7 heteroatoms. The van der Waals surface area contributed by atoms with E-state index in [2.05, 4.69) is 0 Å². The Kier molecular flexibility index (Phi) is 4.67. The van der Waals surface area contributed by atoms with Gasteiger partial charge in [0.2, 0.25) is 0 Å². The van der Waals surface area contributed by atoms with Crippen LogP contribution in [0.3, 0.4) is 0 Å². The molecule has 3 aromatic rings. The lowest BCUT2D eigenvalue weighted by molar-refractivity contribution is 0.0697. The third kappa shape index (κ3) is 3.46. The molecular formula is C18H14O6S. The fourth-order valence-electron chi connectivity index (χ4n) is 2.32. The predicted octanol–water partition coefficient (Wildman–Crippen LogP) is 3.66. The summed E-state index contributed by atoms with van der Waals surface area (Å²) in [6.07, 6.45) is 0. The summed E-state index contributed by atoms with van der Waals surface area (Å²) in [7, 11) is 2.99. The zero-order valence-corrected chi connectivity index (χ0v) is 14.3. The van der Waals surface area contributed by atoms with Crippen molar-refractivity contribution >= 4 is 28.7 Å². The normalized spacial score (nSPS) is 10.6. The maximum atomic E-state index is 12.4. The molecule has 0 bridgehead atoms. The van der Waals surface area contributed by atoms with E-state index < -0.39 is 5.97 Å². The summed E-state index contributed by atoms with van der Waals surface area (Å²) >= 11 is 1.22. The molecule has 0 aliphatic carbocycles. The fourth-order valence-corrected chi connectivity index (χ4v) is 3.12. The molecule has 6 nitrogen and oxygen atoms in total. The molecule has 128 valence electrons. The molecule has 0 atom stereocenters. The number of carboxylic acids is 1. The monoisotopic (exact) mass is 358 g/mol. The smallest absolute Gasteiger partial charge is 0.335 e. The highest BCUT2D eigenvalue weighted by molar-refractivity contribution is 7.99. The summed E-state index contributed by atoms with van der Waals surface area (Å²) in [6, 6.07) is 10.9. The Morgan fingerprint density at radius 2 is 1.80 bits per heavy atom. The summed E-state index contributed by atoms with van der Waals surface area (Å²) in [6.45, 7) is 0. The molecule has 0 spiro atoms. The lowest BCUT2D eigenvalue weighted by Crippen LogP contribution is -2.03.